The van der Waals surface area contributed by atoms with E-state index >= 15 is 0 Å². The number of aromatic hydroxyl groups is 1. The zero-order valence-electron chi connectivity index (χ0n) is 13.8. The van der Waals surface area contributed by atoms with E-state index in [2.05, 4.69) is 19.9 Å². The second kappa shape index (κ2) is 7.09. The number of carboxylic acid groups (broad SMARTS) is 1. The van der Waals surface area contributed by atoms with E-state index < -0.39 is 18.4 Å². The van der Waals surface area contributed by atoms with Crippen molar-refractivity contribution in [3.05, 3.63) is 42.6 Å². The number of likely N-dealkylation sites (N-methyl/N-ethyl adjacent to an activating group) is 1. The molecule has 26 heavy (non-hydrogen) atoms. The van der Waals surface area contributed by atoms with Crippen LogP contribution in [0.3, 0.4) is 0 Å². The summed E-state index contributed by atoms with van der Waals surface area (Å²) >= 11 is 0. The molecule has 1 aromatic carbocycles. The largest absolute Gasteiger partial charge is 0.506 e. The number of hydrogen-bond donors (Lipinski definition) is 2. The standard InChI is InChI=1S/C17H15N5O4/c1-2-22(9-13(23)24)17(26)14-15-11(19-5-6-21-15)7-10(16(14)25)12-8-18-3-4-20-12/h3-8,25H,2,9H2,1H3,(H,23,24). The molecule has 2 aromatic heterocycles. The lowest BCUT2D eigenvalue weighted by Gasteiger charge is -2.20. The molecule has 0 saturated heterocycles. The first kappa shape index (κ1) is 17.2. The SMILES string of the molecule is CCN(CC(=O)O)C(=O)c1c(O)c(-c2cnccn2)cc2nccnc12. The van der Waals surface area contributed by atoms with Gasteiger partial charge in [0.2, 0.25) is 0 Å². The Kier molecular flexibility index (Phi) is 4.70. The van der Waals surface area contributed by atoms with Crippen molar-refractivity contribution in [1.29, 1.82) is 0 Å². The molecule has 0 aliphatic heterocycles. The first-order valence-corrected chi connectivity index (χ1v) is 7.77. The maximum absolute atomic E-state index is 12.9. The Bertz CT molecular complexity index is 978. The monoisotopic (exact) mass is 353 g/mol. The number of carboxylic acids is 1. The van der Waals surface area contributed by atoms with Crippen LogP contribution < -0.4 is 0 Å². The smallest absolute Gasteiger partial charge is 0.323 e. The van der Waals surface area contributed by atoms with Gasteiger partial charge in [0.15, 0.2) is 0 Å². The topological polar surface area (TPSA) is 129 Å². The van der Waals surface area contributed by atoms with Gasteiger partial charge in [0.1, 0.15) is 23.4 Å². The molecule has 0 aliphatic rings. The maximum Gasteiger partial charge on any atom is 0.323 e. The number of phenols is 1. The average molecular weight is 353 g/mol. The van der Waals surface area contributed by atoms with Crippen molar-refractivity contribution in [1.82, 2.24) is 24.8 Å². The Morgan fingerprint density at radius 1 is 1.12 bits per heavy atom. The molecule has 3 aromatic rings. The lowest BCUT2D eigenvalue weighted by atomic mass is 10.0. The van der Waals surface area contributed by atoms with Crippen LogP contribution in [0.1, 0.15) is 17.3 Å². The molecule has 0 unspecified atom stereocenters. The van der Waals surface area contributed by atoms with Crippen LogP contribution >= 0.6 is 0 Å². The highest BCUT2D eigenvalue weighted by Crippen LogP contribution is 2.36. The van der Waals surface area contributed by atoms with Gasteiger partial charge < -0.3 is 15.1 Å². The van der Waals surface area contributed by atoms with Crippen molar-refractivity contribution in [3.8, 4) is 17.0 Å². The fourth-order valence-electron chi connectivity index (χ4n) is 2.58. The molecule has 0 fully saturated rings. The zero-order chi connectivity index (χ0) is 18.7. The van der Waals surface area contributed by atoms with Crippen LogP contribution in [-0.2, 0) is 4.79 Å². The first-order valence-electron chi connectivity index (χ1n) is 7.77. The quantitative estimate of drug-likeness (QED) is 0.703. The molecule has 0 bridgehead atoms. The Hall–Kier alpha value is -3.62. The van der Waals surface area contributed by atoms with E-state index in [1.807, 2.05) is 0 Å². The van der Waals surface area contributed by atoms with Crippen molar-refractivity contribution >= 4 is 22.9 Å². The molecule has 2 heterocycles. The van der Waals surface area contributed by atoms with Gasteiger partial charge in [0.05, 0.1) is 17.4 Å². The third-order valence-corrected chi connectivity index (χ3v) is 3.78. The fraction of sp³-hybridized carbons (Fsp3) is 0.176. The minimum absolute atomic E-state index is 0.112. The highest BCUT2D eigenvalue weighted by molar-refractivity contribution is 6.10. The van der Waals surface area contributed by atoms with E-state index in [1.54, 1.807) is 13.0 Å². The minimum atomic E-state index is -1.15. The minimum Gasteiger partial charge on any atom is -0.506 e. The number of amides is 1. The number of hydrogen-bond acceptors (Lipinski definition) is 7. The van der Waals surface area contributed by atoms with E-state index in [9.17, 15) is 14.7 Å². The Morgan fingerprint density at radius 3 is 2.50 bits per heavy atom. The molecule has 132 valence electrons. The number of benzene rings is 1. The molecule has 9 heteroatoms. The number of fused-ring (bicyclic) bond motifs is 1. The van der Waals surface area contributed by atoms with E-state index in [1.165, 1.54) is 31.0 Å². The number of aromatic nitrogens is 4. The first-order chi connectivity index (χ1) is 12.5. The average Bonchev–Trinajstić information content (AvgIpc) is 2.65. The predicted octanol–water partition coefficient (Wildman–Crippen LogP) is 1.34. The van der Waals surface area contributed by atoms with E-state index in [0.717, 1.165) is 4.90 Å². The second-order valence-electron chi connectivity index (χ2n) is 5.38. The summed E-state index contributed by atoms with van der Waals surface area (Å²) in [6, 6.07) is 1.56. The number of rotatable bonds is 5. The molecule has 1 amide bonds. The summed E-state index contributed by atoms with van der Waals surface area (Å²) in [4.78, 5) is 41.5. The van der Waals surface area contributed by atoms with Crippen LogP contribution in [0, 0.1) is 0 Å². The van der Waals surface area contributed by atoms with Gasteiger partial charge in [-0.3, -0.25) is 29.5 Å². The summed E-state index contributed by atoms with van der Waals surface area (Å²) in [6.45, 7) is 1.31. The Balaban J connectivity index is 2.24. The lowest BCUT2D eigenvalue weighted by molar-refractivity contribution is -0.137. The summed E-state index contributed by atoms with van der Waals surface area (Å²) in [5, 5.41) is 19.8. The summed E-state index contributed by atoms with van der Waals surface area (Å²) in [7, 11) is 0. The van der Waals surface area contributed by atoms with Crippen molar-refractivity contribution in [2.45, 2.75) is 6.92 Å². The van der Waals surface area contributed by atoms with Crippen molar-refractivity contribution in [2.24, 2.45) is 0 Å². The third-order valence-electron chi connectivity index (χ3n) is 3.78. The van der Waals surface area contributed by atoms with Crippen molar-refractivity contribution in [2.75, 3.05) is 13.1 Å². The van der Waals surface area contributed by atoms with Gasteiger partial charge in [-0.05, 0) is 13.0 Å². The molecule has 0 radical (unpaired) electrons. The van der Waals surface area contributed by atoms with Gasteiger partial charge in [-0.15, -0.1) is 0 Å². The van der Waals surface area contributed by atoms with Crippen LogP contribution in [0.25, 0.3) is 22.3 Å². The highest BCUT2D eigenvalue weighted by atomic mass is 16.4. The molecule has 3 rings (SSSR count). The number of carbonyl (C=O) groups is 2. The molecule has 0 saturated carbocycles. The molecular formula is C17H15N5O4. The number of nitrogens with zero attached hydrogens (tertiary/aromatic N) is 5. The van der Waals surface area contributed by atoms with Gasteiger partial charge in [-0.2, -0.15) is 0 Å². The fourth-order valence-corrected chi connectivity index (χ4v) is 2.58. The summed E-state index contributed by atoms with van der Waals surface area (Å²) < 4.78 is 0. The predicted molar refractivity (Wildman–Crippen MR) is 91.4 cm³/mol. The van der Waals surface area contributed by atoms with Crippen LogP contribution in [0.5, 0.6) is 5.75 Å². The van der Waals surface area contributed by atoms with E-state index in [0.29, 0.717) is 11.2 Å². The Labute approximate surface area is 148 Å². The molecule has 9 nitrogen and oxygen atoms in total. The number of carbonyl (C=O) groups excluding carboxylic acids is 1. The highest BCUT2D eigenvalue weighted by Gasteiger charge is 2.26. The summed E-state index contributed by atoms with van der Waals surface area (Å²) in [5.41, 5.74) is 1.07. The number of aliphatic carboxylic acids is 1. The van der Waals surface area contributed by atoms with Gasteiger partial charge in [-0.1, -0.05) is 0 Å². The molecule has 0 spiro atoms. The zero-order valence-corrected chi connectivity index (χ0v) is 13.8. The molecule has 2 N–H and O–H groups in total. The summed E-state index contributed by atoms with van der Waals surface area (Å²) in [6.07, 6.45) is 7.25. The van der Waals surface area contributed by atoms with E-state index in [4.69, 9.17) is 5.11 Å². The van der Waals surface area contributed by atoms with Crippen LogP contribution in [0.15, 0.2) is 37.1 Å². The number of phenolic OH excluding ortho intramolecular Hbond substituents is 1. The Morgan fingerprint density at radius 2 is 1.85 bits per heavy atom. The molecule has 0 atom stereocenters. The van der Waals surface area contributed by atoms with Gasteiger partial charge in [0, 0.05) is 36.9 Å². The van der Waals surface area contributed by atoms with Crippen LogP contribution in [-0.4, -0.2) is 60.0 Å². The van der Waals surface area contributed by atoms with Gasteiger partial charge >= 0.3 is 5.97 Å². The van der Waals surface area contributed by atoms with Gasteiger partial charge in [-0.25, -0.2) is 0 Å². The molecule has 0 aliphatic carbocycles. The van der Waals surface area contributed by atoms with Gasteiger partial charge in [0.25, 0.3) is 5.91 Å². The van der Waals surface area contributed by atoms with Crippen LogP contribution in [0.2, 0.25) is 0 Å². The van der Waals surface area contributed by atoms with E-state index in [-0.39, 0.29) is 28.9 Å². The van der Waals surface area contributed by atoms with Crippen molar-refractivity contribution < 1.29 is 19.8 Å². The third kappa shape index (κ3) is 3.14. The maximum atomic E-state index is 12.9. The summed E-state index contributed by atoms with van der Waals surface area (Å²) in [5.74, 6) is -2.14. The molecular weight excluding hydrogens is 338 g/mol. The van der Waals surface area contributed by atoms with Crippen molar-refractivity contribution in [3.63, 3.8) is 0 Å². The lowest BCUT2D eigenvalue weighted by Crippen LogP contribution is -2.35. The normalized spacial score (nSPS) is 10.7. The van der Waals surface area contributed by atoms with Crippen LogP contribution in [0.4, 0.5) is 0 Å². The second-order valence-corrected chi connectivity index (χ2v) is 5.38.